The first kappa shape index (κ1) is 13.8. The van der Waals surface area contributed by atoms with Gasteiger partial charge in [-0.05, 0) is 19.4 Å². The molecule has 0 aliphatic rings. The smallest absolute Gasteiger partial charge is 0.328 e. The molecule has 0 saturated carbocycles. The fourth-order valence-corrected chi connectivity index (χ4v) is 3.38. The number of hydrogen-bond donors (Lipinski definition) is 1. The summed E-state index contributed by atoms with van der Waals surface area (Å²) in [5, 5.41) is 4.21. The van der Waals surface area contributed by atoms with Crippen LogP contribution in [-0.2, 0) is 13.6 Å². The van der Waals surface area contributed by atoms with Gasteiger partial charge in [-0.2, -0.15) is 0 Å². The largest absolute Gasteiger partial charge is 0.372 e. The Hall–Kier alpha value is -2.15. The highest BCUT2D eigenvalue weighted by atomic mass is 32.1. The number of hydrogen-bond acceptors (Lipinski definition) is 5. The van der Waals surface area contributed by atoms with Gasteiger partial charge in [0, 0.05) is 31.4 Å². The average Bonchev–Trinajstić information content (AvgIpc) is 2.92. The van der Waals surface area contributed by atoms with Crippen molar-refractivity contribution in [2.75, 3.05) is 12.4 Å². The van der Waals surface area contributed by atoms with Gasteiger partial charge in [-0.25, -0.2) is 14.8 Å². The van der Waals surface area contributed by atoms with Crippen LogP contribution in [0.25, 0.3) is 10.2 Å². The number of thiophene rings is 1. The van der Waals surface area contributed by atoms with Crippen LogP contribution in [0.1, 0.15) is 16.3 Å². The van der Waals surface area contributed by atoms with Crippen LogP contribution in [0, 0.1) is 13.8 Å². The number of nitrogens with one attached hydrogen (secondary N) is 1. The van der Waals surface area contributed by atoms with Gasteiger partial charge in [0.15, 0.2) is 5.82 Å². The van der Waals surface area contributed by atoms with E-state index in [9.17, 15) is 4.79 Å². The van der Waals surface area contributed by atoms with Crippen molar-refractivity contribution in [3.8, 4) is 0 Å². The lowest BCUT2D eigenvalue weighted by Crippen LogP contribution is -2.23. The summed E-state index contributed by atoms with van der Waals surface area (Å²) in [4.78, 5) is 23.3. The highest BCUT2D eigenvalue weighted by Gasteiger charge is 2.14. The Morgan fingerprint density at radius 3 is 2.67 bits per heavy atom. The predicted octanol–water partition coefficient (Wildman–Crippen LogP) is 1.90. The Morgan fingerprint density at radius 1 is 1.29 bits per heavy atom. The zero-order valence-electron chi connectivity index (χ0n) is 12.5. The average molecular weight is 303 g/mol. The quantitative estimate of drug-likeness (QED) is 0.802. The van der Waals surface area contributed by atoms with Crippen molar-refractivity contribution < 1.29 is 0 Å². The van der Waals surface area contributed by atoms with E-state index in [0.717, 1.165) is 16.0 Å². The Kier molecular flexibility index (Phi) is 3.29. The summed E-state index contributed by atoms with van der Waals surface area (Å²) in [5.74, 6) is 1.46. The van der Waals surface area contributed by atoms with Gasteiger partial charge in [0.05, 0.1) is 11.9 Å². The highest BCUT2D eigenvalue weighted by Crippen LogP contribution is 2.33. The van der Waals surface area contributed by atoms with Gasteiger partial charge in [0.25, 0.3) is 0 Å². The molecule has 0 unspecified atom stereocenters. The van der Waals surface area contributed by atoms with Crippen molar-refractivity contribution in [2.24, 2.45) is 7.05 Å². The summed E-state index contributed by atoms with van der Waals surface area (Å²) < 4.78 is 3.14. The van der Waals surface area contributed by atoms with E-state index < -0.39 is 0 Å². The fraction of sp³-hybridized carbons (Fsp3) is 0.357. The number of rotatable bonds is 3. The molecule has 0 atom stereocenters. The molecule has 0 saturated heterocycles. The molecule has 0 spiro atoms. The highest BCUT2D eigenvalue weighted by molar-refractivity contribution is 7.18. The van der Waals surface area contributed by atoms with Crippen molar-refractivity contribution in [1.29, 1.82) is 0 Å². The van der Waals surface area contributed by atoms with Crippen molar-refractivity contribution >= 4 is 27.4 Å². The molecule has 3 rings (SSSR count). The van der Waals surface area contributed by atoms with E-state index in [0.29, 0.717) is 12.4 Å². The van der Waals surface area contributed by atoms with Gasteiger partial charge in [-0.15, -0.1) is 11.3 Å². The van der Waals surface area contributed by atoms with Crippen LogP contribution in [0.3, 0.4) is 0 Å². The summed E-state index contributed by atoms with van der Waals surface area (Å²) >= 11 is 1.66. The first-order valence-corrected chi connectivity index (χ1v) is 7.49. The zero-order chi connectivity index (χ0) is 15.1. The molecule has 7 heteroatoms. The third-order valence-corrected chi connectivity index (χ3v) is 4.74. The molecule has 21 heavy (non-hydrogen) atoms. The lowest BCUT2D eigenvalue weighted by molar-refractivity contribution is 0.691. The molecule has 110 valence electrons. The van der Waals surface area contributed by atoms with Crippen LogP contribution in [0.4, 0.5) is 5.82 Å². The summed E-state index contributed by atoms with van der Waals surface area (Å²) in [6.45, 7) is 4.54. The molecule has 6 nitrogen and oxygen atoms in total. The van der Waals surface area contributed by atoms with E-state index in [4.69, 9.17) is 0 Å². The van der Waals surface area contributed by atoms with Gasteiger partial charge >= 0.3 is 5.69 Å². The number of fused-ring (bicyclic) bond motifs is 1. The second kappa shape index (κ2) is 5.00. The van der Waals surface area contributed by atoms with Crippen molar-refractivity contribution in [3.63, 3.8) is 0 Å². The molecule has 1 N–H and O–H groups in total. The number of aromatic nitrogens is 4. The number of imidazole rings is 1. The normalized spacial score (nSPS) is 11.2. The molecule has 0 amide bonds. The summed E-state index contributed by atoms with van der Waals surface area (Å²) in [7, 11) is 3.58. The Balaban J connectivity index is 2.12. The van der Waals surface area contributed by atoms with E-state index in [-0.39, 0.29) is 5.69 Å². The molecule has 0 aromatic carbocycles. The standard InChI is InChI=1S/C14H17N5OS/c1-8-9(2)21-13-11(8)12(15-3)16-10(17-13)7-19-6-5-18(4)14(19)20/h5-6H,7H2,1-4H3,(H,15,16,17). The van der Waals surface area contributed by atoms with Crippen molar-refractivity contribution in [3.05, 3.63) is 39.1 Å². The molecule has 3 aromatic heterocycles. The lowest BCUT2D eigenvalue weighted by Gasteiger charge is -2.06. The molecule has 0 fully saturated rings. The predicted molar refractivity (Wildman–Crippen MR) is 85.2 cm³/mol. The number of nitrogens with zero attached hydrogens (tertiary/aromatic N) is 4. The first-order valence-electron chi connectivity index (χ1n) is 6.67. The molecule has 0 aliphatic carbocycles. The summed E-state index contributed by atoms with van der Waals surface area (Å²) in [6, 6.07) is 0. The van der Waals surface area contributed by atoms with Gasteiger partial charge in [-0.3, -0.25) is 4.57 Å². The first-order chi connectivity index (χ1) is 10.0. The van der Waals surface area contributed by atoms with Crippen molar-refractivity contribution in [2.45, 2.75) is 20.4 Å². The van der Waals surface area contributed by atoms with Gasteiger partial charge in [0.2, 0.25) is 0 Å². The van der Waals surface area contributed by atoms with Crippen molar-refractivity contribution in [1.82, 2.24) is 19.1 Å². The SMILES string of the molecule is CNc1nc(Cn2ccn(C)c2=O)nc2sc(C)c(C)c12. The molecular formula is C14H17N5OS. The Bertz CT molecular complexity index is 873. The maximum absolute atomic E-state index is 11.9. The van der Waals surface area contributed by atoms with Crippen LogP contribution in [0.5, 0.6) is 0 Å². The molecule has 0 bridgehead atoms. The minimum Gasteiger partial charge on any atom is -0.372 e. The second-order valence-electron chi connectivity index (χ2n) is 5.02. The summed E-state index contributed by atoms with van der Waals surface area (Å²) in [5.41, 5.74) is 1.14. The third kappa shape index (κ3) is 2.23. The molecule has 3 heterocycles. The maximum Gasteiger partial charge on any atom is 0.328 e. The number of aryl methyl sites for hydroxylation is 3. The molecule has 3 aromatic rings. The van der Waals surface area contributed by atoms with E-state index in [2.05, 4.69) is 29.1 Å². The van der Waals surface area contributed by atoms with Crippen LogP contribution in [0.2, 0.25) is 0 Å². The maximum atomic E-state index is 11.9. The fourth-order valence-electron chi connectivity index (χ4n) is 2.33. The third-order valence-electron chi connectivity index (χ3n) is 3.64. The van der Waals surface area contributed by atoms with Crippen LogP contribution in [-0.4, -0.2) is 26.1 Å². The van der Waals surface area contributed by atoms with Crippen LogP contribution >= 0.6 is 11.3 Å². The summed E-state index contributed by atoms with van der Waals surface area (Å²) in [6.07, 6.45) is 3.49. The zero-order valence-corrected chi connectivity index (χ0v) is 13.3. The van der Waals surface area contributed by atoms with E-state index >= 15 is 0 Å². The minimum atomic E-state index is -0.0664. The molecular weight excluding hydrogens is 286 g/mol. The second-order valence-corrected chi connectivity index (χ2v) is 6.22. The lowest BCUT2D eigenvalue weighted by atomic mass is 10.2. The van der Waals surface area contributed by atoms with E-state index in [1.807, 2.05) is 7.05 Å². The topological polar surface area (TPSA) is 64.7 Å². The van der Waals surface area contributed by atoms with E-state index in [1.54, 1.807) is 35.3 Å². The van der Waals surface area contributed by atoms with E-state index in [1.165, 1.54) is 15.0 Å². The van der Waals surface area contributed by atoms with Gasteiger partial charge in [-0.1, -0.05) is 0 Å². The molecule has 0 aliphatic heterocycles. The Labute approximate surface area is 126 Å². The minimum absolute atomic E-state index is 0.0664. The Morgan fingerprint density at radius 2 is 2.05 bits per heavy atom. The number of anilines is 1. The monoisotopic (exact) mass is 303 g/mol. The molecule has 0 radical (unpaired) electrons. The van der Waals surface area contributed by atoms with Crippen LogP contribution in [0.15, 0.2) is 17.2 Å². The van der Waals surface area contributed by atoms with Gasteiger partial charge < -0.3 is 9.88 Å². The van der Waals surface area contributed by atoms with Crippen LogP contribution < -0.4 is 11.0 Å². The van der Waals surface area contributed by atoms with Gasteiger partial charge in [0.1, 0.15) is 10.6 Å².